The molecule has 166 valence electrons. The van der Waals surface area contributed by atoms with Crippen molar-refractivity contribution >= 4 is 23.8 Å². The molecule has 0 radical (unpaired) electrons. The largest absolute Gasteiger partial charge is 0.480 e. The molecule has 1 heterocycles. The molecule has 1 saturated heterocycles. The van der Waals surface area contributed by atoms with Gasteiger partial charge in [-0.25, -0.2) is 0 Å². The van der Waals surface area contributed by atoms with Gasteiger partial charge in [0.05, 0.1) is 25.7 Å². The van der Waals surface area contributed by atoms with Crippen molar-refractivity contribution in [2.24, 2.45) is 5.73 Å². The third-order valence-corrected chi connectivity index (χ3v) is 4.91. The lowest BCUT2D eigenvalue weighted by Crippen LogP contribution is -2.52. The van der Waals surface area contributed by atoms with Crippen LogP contribution in [0.2, 0.25) is 0 Å². The number of nitrogens with zero attached hydrogens (tertiary/aromatic N) is 4. The second-order valence-electron chi connectivity index (χ2n) is 7.12. The summed E-state index contributed by atoms with van der Waals surface area (Å²) in [4.78, 5) is 52.0. The van der Waals surface area contributed by atoms with Crippen molar-refractivity contribution in [2.45, 2.75) is 13.0 Å². The van der Waals surface area contributed by atoms with Crippen LogP contribution in [0.15, 0.2) is 0 Å². The maximum absolute atomic E-state index is 11.6. The fourth-order valence-corrected chi connectivity index (χ4v) is 3.17. The van der Waals surface area contributed by atoms with Crippen LogP contribution in [0.5, 0.6) is 0 Å². The Balaban J connectivity index is 2.98. The van der Waals surface area contributed by atoms with Gasteiger partial charge < -0.3 is 21.1 Å². The Kier molecular flexibility index (Phi) is 10.5. The van der Waals surface area contributed by atoms with E-state index >= 15 is 0 Å². The van der Waals surface area contributed by atoms with Crippen LogP contribution >= 0.6 is 0 Å². The number of rotatable bonds is 8. The number of carbonyl (C=O) groups is 4. The zero-order chi connectivity index (χ0) is 22.0. The van der Waals surface area contributed by atoms with Crippen LogP contribution in [0.1, 0.15) is 6.92 Å². The first kappa shape index (κ1) is 24.8. The zero-order valence-corrected chi connectivity index (χ0v) is 16.7. The Morgan fingerprint density at radius 1 is 0.690 bits per heavy atom. The molecule has 0 bridgehead atoms. The molecular formula is C17H31N5O7. The van der Waals surface area contributed by atoms with Crippen LogP contribution in [0.3, 0.4) is 0 Å². The fourth-order valence-electron chi connectivity index (χ4n) is 3.17. The van der Waals surface area contributed by atoms with Gasteiger partial charge in [-0.2, -0.15) is 0 Å². The highest BCUT2D eigenvalue weighted by molar-refractivity contribution is 5.79. The fraction of sp³-hybridized carbons (Fsp3) is 0.765. The van der Waals surface area contributed by atoms with Crippen LogP contribution in [0, 0.1) is 0 Å². The number of primary amides is 1. The highest BCUT2D eigenvalue weighted by Gasteiger charge is 2.23. The van der Waals surface area contributed by atoms with E-state index in [4.69, 9.17) is 21.1 Å². The lowest BCUT2D eigenvalue weighted by atomic mass is 10.2. The minimum Gasteiger partial charge on any atom is -0.480 e. The summed E-state index contributed by atoms with van der Waals surface area (Å²) in [6.45, 7) is 3.79. The van der Waals surface area contributed by atoms with Crippen LogP contribution in [-0.4, -0.2) is 137 Å². The minimum atomic E-state index is -1.01. The number of aliphatic carboxylic acids is 3. The molecule has 1 fully saturated rings. The zero-order valence-electron chi connectivity index (χ0n) is 16.7. The predicted octanol–water partition coefficient (Wildman–Crippen LogP) is -2.66. The Labute approximate surface area is 169 Å². The number of nitrogens with two attached hydrogens (primary N) is 1. The van der Waals surface area contributed by atoms with Crippen molar-refractivity contribution in [3.05, 3.63) is 0 Å². The number of carbonyl (C=O) groups excluding carboxylic acids is 1. The molecule has 0 aromatic rings. The summed E-state index contributed by atoms with van der Waals surface area (Å²) in [6.07, 6.45) is 0. The van der Waals surface area contributed by atoms with Gasteiger partial charge in [0, 0.05) is 52.4 Å². The van der Waals surface area contributed by atoms with Crippen LogP contribution in [-0.2, 0) is 19.2 Å². The molecule has 12 heteroatoms. The maximum atomic E-state index is 11.6. The van der Waals surface area contributed by atoms with E-state index in [1.54, 1.807) is 21.6 Å². The molecule has 1 amide bonds. The van der Waals surface area contributed by atoms with Gasteiger partial charge in [-0.3, -0.25) is 38.8 Å². The normalized spacial score (nSPS) is 20.3. The molecule has 1 aliphatic heterocycles. The molecule has 1 aliphatic rings. The van der Waals surface area contributed by atoms with Gasteiger partial charge >= 0.3 is 17.9 Å². The summed E-state index contributed by atoms with van der Waals surface area (Å²) in [5, 5.41) is 27.4. The molecule has 0 spiro atoms. The van der Waals surface area contributed by atoms with Gasteiger partial charge in [0.25, 0.3) is 0 Å². The third kappa shape index (κ3) is 10.2. The molecule has 29 heavy (non-hydrogen) atoms. The lowest BCUT2D eigenvalue weighted by molar-refractivity contribution is -0.140. The molecule has 0 aromatic carbocycles. The van der Waals surface area contributed by atoms with Crippen molar-refractivity contribution in [1.82, 2.24) is 19.6 Å². The first-order valence-corrected chi connectivity index (χ1v) is 9.44. The van der Waals surface area contributed by atoms with Gasteiger partial charge in [-0.05, 0) is 6.92 Å². The molecule has 1 unspecified atom stereocenters. The lowest BCUT2D eigenvalue weighted by Gasteiger charge is -2.34. The average molecular weight is 417 g/mol. The van der Waals surface area contributed by atoms with Gasteiger partial charge in [-0.1, -0.05) is 0 Å². The van der Waals surface area contributed by atoms with Crippen molar-refractivity contribution < 1.29 is 34.5 Å². The highest BCUT2D eigenvalue weighted by atomic mass is 16.4. The number of carboxylic acids is 3. The Morgan fingerprint density at radius 2 is 0.966 bits per heavy atom. The Bertz CT molecular complexity index is 557. The number of carboxylic acid groups (broad SMARTS) is 3. The first-order chi connectivity index (χ1) is 13.6. The average Bonchev–Trinajstić information content (AvgIpc) is 2.59. The van der Waals surface area contributed by atoms with E-state index in [1.165, 1.54) is 0 Å². The molecule has 12 nitrogen and oxygen atoms in total. The minimum absolute atomic E-state index is 0.204. The smallest absolute Gasteiger partial charge is 0.317 e. The second kappa shape index (κ2) is 12.3. The van der Waals surface area contributed by atoms with Gasteiger partial charge in [-0.15, -0.1) is 0 Å². The van der Waals surface area contributed by atoms with Gasteiger partial charge in [0.2, 0.25) is 5.91 Å². The quantitative estimate of drug-likeness (QED) is 0.325. The van der Waals surface area contributed by atoms with E-state index in [2.05, 4.69) is 0 Å². The topological polar surface area (TPSA) is 168 Å². The van der Waals surface area contributed by atoms with E-state index in [0.29, 0.717) is 52.4 Å². The molecular weight excluding hydrogens is 386 g/mol. The molecule has 1 rings (SSSR count). The summed E-state index contributed by atoms with van der Waals surface area (Å²) in [6, 6.07) is -0.584. The number of hydrogen-bond acceptors (Lipinski definition) is 8. The van der Waals surface area contributed by atoms with Gasteiger partial charge in [0.1, 0.15) is 0 Å². The summed E-state index contributed by atoms with van der Waals surface area (Å²) < 4.78 is 0. The van der Waals surface area contributed by atoms with E-state index < -0.39 is 29.9 Å². The number of amides is 1. The van der Waals surface area contributed by atoms with Crippen LogP contribution < -0.4 is 5.73 Å². The molecule has 1 atom stereocenters. The van der Waals surface area contributed by atoms with Crippen LogP contribution in [0.25, 0.3) is 0 Å². The SMILES string of the molecule is CC(C(N)=O)N1CCN(CC(=O)O)CCN(CC(=O)O)CCN(CC(=O)O)CC1. The third-order valence-electron chi connectivity index (χ3n) is 4.91. The van der Waals surface area contributed by atoms with E-state index in [1.807, 2.05) is 4.90 Å². The molecule has 0 aliphatic carbocycles. The summed E-state index contributed by atoms with van der Waals surface area (Å²) >= 11 is 0. The van der Waals surface area contributed by atoms with Gasteiger partial charge in [0.15, 0.2) is 0 Å². The van der Waals surface area contributed by atoms with E-state index in [9.17, 15) is 19.2 Å². The van der Waals surface area contributed by atoms with Crippen molar-refractivity contribution in [3.8, 4) is 0 Å². The molecule has 0 saturated carbocycles. The van der Waals surface area contributed by atoms with E-state index in [-0.39, 0.29) is 19.6 Å². The predicted molar refractivity (Wildman–Crippen MR) is 102 cm³/mol. The van der Waals surface area contributed by atoms with Crippen molar-refractivity contribution in [1.29, 1.82) is 0 Å². The maximum Gasteiger partial charge on any atom is 0.317 e. The highest BCUT2D eigenvalue weighted by Crippen LogP contribution is 2.04. The molecule has 5 N–H and O–H groups in total. The monoisotopic (exact) mass is 417 g/mol. The summed E-state index contributed by atoms with van der Waals surface area (Å²) in [5.74, 6) is -3.51. The van der Waals surface area contributed by atoms with Crippen molar-refractivity contribution in [2.75, 3.05) is 72.0 Å². The summed E-state index contributed by atoms with van der Waals surface area (Å²) in [7, 11) is 0. The van der Waals surface area contributed by atoms with Crippen molar-refractivity contribution in [3.63, 3.8) is 0 Å². The Morgan fingerprint density at radius 3 is 1.21 bits per heavy atom. The standard InChI is InChI=1S/C17H31N5O7/c1-13(17(18)29)22-8-6-20(11-15(25)26)4-2-19(10-14(23)24)3-5-21(7-9-22)12-16(27)28/h13H,2-12H2,1H3,(H2,18,29)(H,23,24)(H,25,26)(H,27,28). The molecule has 0 aromatic heterocycles. The second-order valence-corrected chi connectivity index (χ2v) is 7.12. The Hall–Kier alpha value is -2.28. The van der Waals surface area contributed by atoms with Crippen LogP contribution in [0.4, 0.5) is 0 Å². The number of hydrogen-bond donors (Lipinski definition) is 4. The summed E-state index contributed by atoms with van der Waals surface area (Å²) in [5.41, 5.74) is 5.42. The first-order valence-electron chi connectivity index (χ1n) is 9.44. The van der Waals surface area contributed by atoms with E-state index in [0.717, 1.165) is 0 Å².